The van der Waals surface area contributed by atoms with Gasteiger partial charge < -0.3 is 15.0 Å². The molecule has 2 aromatic heterocycles. The van der Waals surface area contributed by atoms with Gasteiger partial charge in [0, 0.05) is 36.7 Å². The second-order valence-electron chi connectivity index (χ2n) is 5.80. The van der Waals surface area contributed by atoms with Crippen molar-refractivity contribution in [1.29, 1.82) is 0 Å². The van der Waals surface area contributed by atoms with Crippen molar-refractivity contribution < 1.29 is 5.11 Å². The maximum Gasteiger partial charge on any atom is 0.0991 e. The number of aliphatic hydroxyl groups excluding tert-OH is 1. The van der Waals surface area contributed by atoms with Crippen molar-refractivity contribution in [1.82, 2.24) is 24.6 Å². The van der Waals surface area contributed by atoms with Crippen molar-refractivity contribution in [3.8, 4) is 5.69 Å². The van der Waals surface area contributed by atoms with E-state index in [2.05, 4.69) is 27.5 Å². The van der Waals surface area contributed by atoms with E-state index in [0.717, 1.165) is 30.2 Å². The van der Waals surface area contributed by atoms with Crippen molar-refractivity contribution in [2.75, 3.05) is 6.61 Å². The average Bonchev–Trinajstić information content (AvgIpc) is 3.20. The van der Waals surface area contributed by atoms with Crippen LogP contribution >= 0.6 is 0 Å². The van der Waals surface area contributed by atoms with Crippen LogP contribution in [0.2, 0.25) is 0 Å². The Bertz CT molecular complexity index is 792. The summed E-state index contributed by atoms with van der Waals surface area (Å²) in [6.45, 7) is 6.21. The molecule has 3 aromatic rings. The number of nitrogens with one attached hydrogen (secondary N) is 1. The molecule has 126 valence electrons. The molecule has 0 fully saturated rings. The molecule has 0 bridgehead atoms. The summed E-state index contributed by atoms with van der Waals surface area (Å²) in [6, 6.07) is 8.30. The molecule has 6 nitrogen and oxygen atoms in total. The molecule has 0 saturated heterocycles. The second-order valence-corrected chi connectivity index (χ2v) is 5.80. The largest absolute Gasteiger partial charge is 0.394 e. The van der Waals surface area contributed by atoms with Crippen LogP contribution in [-0.4, -0.2) is 31.0 Å². The SMILES string of the molecule is Cc1nn(CCO)c(C)c1CNCc1ccccc1-n1ccnc1. The Morgan fingerprint density at radius 3 is 2.75 bits per heavy atom. The predicted molar refractivity (Wildman–Crippen MR) is 92.9 cm³/mol. The van der Waals surface area contributed by atoms with E-state index in [1.165, 1.54) is 11.1 Å². The molecule has 2 heterocycles. The van der Waals surface area contributed by atoms with Crippen molar-refractivity contribution in [2.24, 2.45) is 0 Å². The summed E-state index contributed by atoms with van der Waals surface area (Å²) in [4.78, 5) is 4.12. The molecule has 0 radical (unpaired) electrons. The van der Waals surface area contributed by atoms with Crippen LogP contribution in [0.25, 0.3) is 5.69 Å². The highest BCUT2D eigenvalue weighted by atomic mass is 16.3. The Hall–Kier alpha value is -2.44. The topological polar surface area (TPSA) is 67.9 Å². The van der Waals surface area contributed by atoms with E-state index in [-0.39, 0.29) is 6.61 Å². The number of imidazole rings is 1. The highest BCUT2D eigenvalue weighted by molar-refractivity contribution is 5.40. The second kappa shape index (κ2) is 7.42. The minimum Gasteiger partial charge on any atom is -0.394 e. The van der Waals surface area contributed by atoms with Gasteiger partial charge in [0.1, 0.15) is 0 Å². The van der Waals surface area contributed by atoms with Crippen molar-refractivity contribution in [3.05, 3.63) is 65.5 Å². The van der Waals surface area contributed by atoms with E-state index in [9.17, 15) is 0 Å². The Morgan fingerprint density at radius 1 is 1.17 bits per heavy atom. The molecule has 0 saturated carbocycles. The van der Waals surface area contributed by atoms with Gasteiger partial charge in [-0.25, -0.2) is 4.98 Å². The smallest absolute Gasteiger partial charge is 0.0991 e. The number of aromatic nitrogens is 4. The maximum absolute atomic E-state index is 9.11. The third-order valence-corrected chi connectivity index (χ3v) is 4.23. The number of nitrogens with zero attached hydrogens (tertiary/aromatic N) is 4. The number of benzene rings is 1. The maximum atomic E-state index is 9.11. The predicted octanol–water partition coefficient (Wildman–Crippen LogP) is 1.97. The van der Waals surface area contributed by atoms with Gasteiger partial charge in [-0.3, -0.25) is 4.68 Å². The molecular weight excluding hydrogens is 302 g/mol. The molecule has 24 heavy (non-hydrogen) atoms. The molecule has 2 N–H and O–H groups in total. The number of para-hydroxylation sites is 1. The third kappa shape index (κ3) is 3.39. The van der Waals surface area contributed by atoms with E-state index < -0.39 is 0 Å². The Balaban J connectivity index is 1.70. The lowest BCUT2D eigenvalue weighted by Crippen LogP contribution is -2.15. The van der Waals surface area contributed by atoms with Crippen LogP contribution < -0.4 is 5.32 Å². The van der Waals surface area contributed by atoms with E-state index in [1.54, 1.807) is 6.20 Å². The zero-order valence-electron chi connectivity index (χ0n) is 14.1. The number of aliphatic hydroxyl groups is 1. The van der Waals surface area contributed by atoms with E-state index in [4.69, 9.17) is 5.11 Å². The van der Waals surface area contributed by atoms with Gasteiger partial charge in [0.25, 0.3) is 0 Å². The standard InChI is InChI=1S/C18H23N5O/c1-14-17(15(2)23(21-14)9-10-24)12-20-11-16-5-3-4-6-18(16)22-8-7-19-13-22/h3-8,13,20,24H,9-12H2,1-2H3. The van der Waals surface area contributed by atoms with Gasteiger partial charge in [0.15, 0.2) is 0 Å². The van der Waals surface area contributed by atoms with Crippen molar-refractivity contribution >= 4 is 0 Å². The number of aryl methyl sites for hydroxylation is 1. The van der Waals surface area contributed by atoms with Crippen LogP contribution in [0.4, 0.5) is 0 Å². The van der Waals surface area contributed by atoms with E-state index >= 15 is 0 Å². The Kier molecular flexibility index (Phi) is 5.08. The number of rotatable bonds is 7. The van der Waals surface area contributed by atoms with Crippen LogP contribution in [0.3, 0.4) is 0 Å². The lowest BCUT2D eigenvalue weighted by atomic mass is 10.1. The number of hydrogen-bond donors (Lipinski definition) is 2. The molecule has 0 unspecified atom stereocenters. The van der Waals surface area contributed by atoms with Gasteiger partial charge in [0.2, 0.25) is 0 Å². The molecule has 0 aliphatic rings. The first-order valence-electron chi connectivity index (χ1n) is 8.11. The minimum absolute atomic E-state index is 0.104. The van der Waals surface area contributed by atoms with Gasteiger partial charge in [-0.15, -0.1) is 0 Å². The Labute approximate surface area is 141 Å². The minimum atomic E-state index is 0.104. The first-order valence-corrected chi connectivity index (χ1v) is 8.11. The van der Waals surface area contributed by atoms with E-state index in [0.29, 0.717) is 6.54 Å². The molecule has 6 heteroatoms. The summed E-state index contributed by atoms with van der Waals surface area (Å²) in [7, 11) is 0. The monoisotopic (exact) mass is 325 g/mol. The average molecular weight is 325 g/mol. The van der Waals surface area contributed by atoms with Gasteiger partial charge in [-0.2, -0.15) is 5.10 Å². The van der Waals surface area contributed by atoms with Crippen molar-refractivity contribution in [3.63, 3.8) is 0 Å². The zero-order valence-corrected chi connectivity index (χ0v) is 14.1. The molecular formula is C18H23N5O. The van der Waals surface area contributed by atoms with Crippen LogP contribution in [0.15, 0.2) is 43.0 Å². The van der Waals surface area contributed by atoms with Gasteiger partial charge in [0.05, 0.1) is 30.9 Å². The van der Waals surface area contributed by atoms with Crippen LogP contribution in [0.5, 0.6) is 0 Å². The molecule has 3 rings (SSSR count). The lowest BCUT2D eigenvalue weighted by molar-refractivity contribution is 0.267. The lowest BCUT2D eigenvalue weighted by Gasteiger charge is -2.11. The summed E-state index contributed by atoms with van der Waals surface area (Å²) >= 11 is 0. The van der Waals surface area contributed by atoms with Crippen LogP contribution in [0.1, 0.15) is 22.5 Å². The van der Waals surface area contributed by atoms with Crippen LogP contribution in [-0.2, 0) is 19.6 Å². The normalized spacial score (nSPS) is 11.1. The van der Waals surface area contributed by atoms with Crippen molar-refractivity contribution in [2.45, 2.75) is 33.5 Å². The van der Waals surface area contributed by atoms with Crippen LogP contribution in [0, 0.1) is 13.8 Å². The fraction of sp³-hybridized carbons (Fsp3) is 0.333. The molecule has 0 aliphatic heterocycles. The highest BCUT2D eigenvalue weighted by Gasteiger charge is 2.11. The summed E-state index contributed by atoms with van der Waals surface area (Å²) in [6.07, 6.45) is 5.55. The molecule has 0 atom stereocenters. The first-order chi connectivity index (χ1) is 11.7. The fourth-order valence-electron chi connectivity index (χ4n) is 2.94. The van der Waals surface area contributed by atoms with Gasteiger partial charge in [-0.1, -0.05) is 18.2 Å². The summed E-state index contributed by atoms with van der Waals surface area (Å²) < 4.78 is 3.89. The van der Waals surface area contributed by atoms with E-state index in [1.807, 2.05) is 47.8 Å². The zero-order chi connectivity index (χ0) is 16.9. The summed E-state index contributed by atoms with van der Waals surface area (Å²) in [5.41, 5.74) is 5.66. The fourth-order valence-corrected chi connectivity index (χ4v) is 2.94. The summed E-state index contributed by atoms with van der Waals surface area (Å²) in [5.74, 6) is 0. The Morgan fingerprint density at radius 2 is 2.00 bits per heavy atom. The quantitative estimate of drug-likeness (QED) is 0.697. The first kappa shape index (κ1) is 16.4. The number of hydrogen-bond acceptors (Lipinski definition) is 4. The highest BCUT2D eigenvalue weighted by Crippen LogP contribution is 2.16. The molecule has 0 amide bonds. The van der Waals surface area contributed by atoms with Gasteiger partial charge in [-0.05, 0) is 25.5 Å². The molecule has 0 spiro atoms. The molecule has 0 aliphatic carbocycles. The van der Waals surface area contributed by atoms with Gasteiger partial charge >= 0.3 is 0 Å². The summed E-state index contributed by atoms with van der Waals surface area (Å²) in [5, 5.41) is 17.1. The third-order valence-electron chi connectivity index (χ3n) is 4.23. The molecule has 1 aromatic carbocycles.